The SMILES string of the molecule is CSC1(C(N)=S)CCN(S(=O)(=O)NC(=O)OC(C)C)CC1. The molecule has 0 spiro atoms. The first-order valence-corrected chi connectivity index (χ1v) is 9.54. The standard InChI is InChI=1S/C11H21N3O4S3/c1-8(2)18-10(15)13-21(16,17)14-6-4-11(20-3,5-7-14)9(12)19/h8H,4-7H2,1-3H3,(H2,12,19)(H,13,15). The Morgan fingerprint density at radius 3 is 2.33 bits per heavy atom. The zero-order valence-electron chi connectivity index (χ0n) is 12.3. The van der Waals surface area contributed by atoms with Gasteiger partial charge in [-0.15, -0.1) is 0 Å². The van der Waals surface area contributed by atoms with Gasteiger partial charge in [0, 0.05) is 13.1 Å². The Morgan fingerprint density at radius 1 is 1.43 bits per heavy atom. The van der Waals surface area contributed by atoms with Crippen LogP contribution in [0, 0.1) is 0 Å². The van der Waals surface area contributed by atoms with E-state index in [1.165, 1.54) is 16.1 Å². The number of nitrogens with zero attached hydrogens (tertiary/aromatic N) is 1. The predicted molar refractivity (Wildman–Crippen MR) is 87.5 cm³/mol. The molecule has 1 heterocycles. The second kappa shape index (κ2) is 7.12. The van der Waals surface area contributed by atoms with Crippen molar-refractivity contribution >= 4 is 45.3 Å². The van der Waals surface area contributed by atoms with Crippen molar-refractivity contribution < 1.29 is 17.9 Å². The number of thioether (sulfide) groups is 1. The van der Waals surface area contributed by atoms with Crippen LogP contribution in [-0.2, 0) is 14.9 Å². The quantitative estimate of drug-likeness (QED) is 0.705. The largest absolute Gasteiger partial charge is 0.446 e. The summed E-state index contributed by atoms with van der Waals surface area (Å²) in [5.41, 5.74) is 5.76. The summed E-state index contributed by atoms with van der Waals surface area (Å²) in [6.07, 6.45) is 1.58. The molecule has 1 saturated heterocycles. The summed E-state index contributed by atoms with van der Waals surface area (Å²) in [4.78, 5) is 11.8. The van der Waals surface area contributed by atoms with Crippen LogP contribution in [0.15, 0.2) is 0 Å². The highest BCUT2D eigenvalue weighted by Crippen LogP contribution is 2.35. The molecule has 7 nitrogen and oxygen atoms in total. The van der Waals surface area contributed by atoms with Crippen LogP contribution in [0.3, 0.4) is 0 Å². The van der Waals surface area contributed by atoms with Crippen LogP contribution in [0.2, 0.25) is 0 Å². The van der Waals surface area contributed by atoms with Gasteiger partial charge in [-0.3, -0.25) is 0 Å². The summed E-state index contributed by atoms with van der Waals surface area (Å²) >= 11 is 6.61. The molecule has 0 aliphatic carbocycles. The second-order valence-corrected chi connectivity index (χ2v) is 8.32. The van der Waals surface area contributed by atoms with Crippen LogP contribution in [-0.4, -0.2) is 54.0 Å². The highest BCUT2D eigenvalue weighted by atomic mass is 32.2. The number of thiocarbonyl (C=S) groups is 1. The fraction of sp³-hybridized carbons (Fsp3) is 0.818. The van der Waals surface area contributed by atoms with Gasteiger partial charge in [0.05, 0.1) is 15.8 Å². The molecule has 1 aliphatic rings. The molecule has 0 unspecified atom stereocenters. The van der Waals surface area contributed by atoms with Crippen molar-refractivity contribution in [2.75, 3.05) is 19.3 Å². The van der Waals surface area contributed by atoms with Crippen molar-refractivity contribution in [2.24, 2.45) is 5.73 Å². The first kappa shape index (κ1) is 18.5. The number of carbonyl (C=O) groups is 1. The Balaban J connectivity index is 2.68. The lowest BCUT2D eigenvalue weighted by Crippen LogP contribution is -2.53. The van der Waals surface area contributed by atoms with E-state index in [1.54, 1.807) is 13.8 Å². The molecule has 1 rings (SSSR count). The van der Waals surface area contributed by atoms with Crippen LogP contribution < -0.4 is 10.5 Å². The summed E-state index contributed by atoms with van der Waals surface area (Å²) in [5, 5.41) is 0. The van der Waals surface area contributed by atoms with E-state index < -0.39 is 16.3 Å². The molecule has 0 bridgehead atoms. The highest BCUT2D eigenvalue weighted by Gasteiger charge is 2.40. The van der Waals surface area contributed by atoms with Crippen LogP contribution in [0.5, 0.6) is 0 Å². The number of rotatable bonds is 5. The Labute approximate surface area is 135 Å². The molecule has 1 amide bonds. The van der Waals surface area contributed by atoms with E-state index in [0.717, 1.165) is 0 Å². The number of hydrogen-bond donors (Lipinski definition) is 2. The third-order valence-electron chi connectivity index (χ3n) is 3.26. The molecule has 0 atom stereocenters. The van der Waals surface area contributed by atoms with Crippen LogP contribution in [0.25, 0.3) is 0 Å². The molecular formula is C11H21N3O4S3. The van der Waals surface area contributed by atoms with Gasteiger partial charge in [0.15, 0.2) is 0 Å². The van der Waals surface area contributed by atoms with Crippen LogP contribution in [0.4, 0.5) is 4.79 Å². The van der Waals surface area contributed by atoms with E-state index in [9.17, 15) is 13.2 Å². The van der Waals surface area contributed by atoms with Crippen LogP contribution >= 0.6 is 24.0 Å². The molecule has 122 valence electrons. The Morgan fingerprint density at radius 2 is 1.95 bits per heavy atom. The van der Waals surface area contributed by atoms with E-state index in [1.807, 2.05) is 11.0 Å². The minimum Gasteiger partial charge on any atom is -0.446 e. The fourth-order valence-electron chi connectivity index (χ4n) is 2.05. The normalized spacial score (nSPS) is 19.2. The average Bonchev–Trinajstić information content (AvgIpc) is 2.36. The van der Waals surface area contributed by atoms with Gasteiger partial charge in [-0.1, -0.05) is 12.2 Å². The molecule has 0 aromatic heterocycles. The summed E-state index contributed by atoms with van der Waals surface area (Å²) in [5.74, 6) is 0. The maximum Gasteiger partial charge on any atom is 0.422 e. The lowest BCUT2D eigenvalue weighted by atomic mass is 9.97. The molecule has 0 aromatic carbocycles. The molecule has 0 radical (unpaired) electrons. The minimum absolute atomic E-state index is 0.252. The molecule has 0 aromatic rings. The summed E-state index contributed by atoms with van der Waals surface area (Å²) in [7, 11) is -3.90. The lowest BCUT2D eigenvalue weighted by molar-refractivity contribution is 0.121. The van der Waals surface area contributed by atoms with Crippen LogP contribution in [0.1, 0.15) is 26.7 Å². The molecular weight excluding hydrogens is 334 g/mol. The number of piperidine rings is 1. The van der Waals surface area contributed by atoms with E-state index in [-0.39, 0.29) is 23.9 Å². The molecule has 1 aliphatic heterocycles. The Hall–Kier alpha value is -0.580. The Kier molecular flexibility index (Phi) is 6.26. The number of ether oxygens (including phenoxy) is 1. The lowest BCUT2D eigenvalue weighted by Gasteiger charge is -2.39. The highest BCUT2D eigenvalue weighted by molar-refractivity contribution is 8.02. The van der Waals surface area contributed by atoms with Gasteiger partial charge in [0.25, 0.3) is 0 Å². The fourth-order valence-corrected chi connectivity index (χ4v) is 4.34. The monoisotopic (exact) mass is 355 g/mol. The van der Waals surface area contributed by atoms with Crippen molar-refractivity contribution in [1.29, 1.82) is 0 Å². The smallest absolute Gasteiger partial charge is 0.422 e. The van der Waals surface area contributed by atoms with Gasteiger partial charge < -0.3 is 10.5 Å². The van der Waals surface area contributed by atoms with E-state index >= 15 is 0 Å². The van der Waals surface area contributed by atoms with E-state index in [2.05, 4.69) is 0 Å². The Bertz CT molecular complexity index is 499. The minimum atomic E-state index is -3.90. The van der Waals surface area contributed by atoms with Crippen molar-refractivity contribution in [3.8, 4) is 0 Å². The van der Waals surface area contributed by atoms with Gasteiger partial charge in [-0.25, -0.2) is 9.52 Å². The average molecular weight is 356 g/mol. The van der Waals surface area contributed by atoms with E-state index in [0.29, 0.717) is 17.8 Å². The summed E-state index contributed by atoms with van der Waals surface area (Å²) in [6.45, 7) is 3.79. The molecule has 3 N–H and O–H groups in total. The topological polar surface area (TPSA) is 102 Å². The van der Waals surface area contributed by atoms with Gasteiger partial charge in [-0.05, 0) is 32.9 Å². The molecule has 10 heteroatoms. The second-order valence-electron chi connectivity index (χ2n) is 5.02. The first-order chi connectivity index (χ1) is 9.63. The van der Waals surface area contributed by atoms with Gasteiger partial charge in [-0.2, -0.15) is 24.5 Å². The third kappa shape index (κ3) is 4.70. The van der Waals surface area contributed by atoms with Crippen molar-refractivity contribution in [2.45, 2.75) is 37.5 Å². The molecule has 1 fully saturated rings. The van der Waals surface area contributed by atoms with Crippen molar-refractivity contribution in [3.05, 3.63) is 0 Å². The van der Waals surface area contributed by atoms with Gasteiger partial charge in [0.1, 0.15) is 0 Å². The predicted octanol–water partition coefficient (Wildman–Crippen LogP) is 0.850. The van der Waals surface area contributed by atoms with Crippen molar-refractivity contribution in [3.63, 3.8) is 0 Å². The summed E-state index contributed by atoms with van der Waals surface area (Å²) in [6, 6.07) is 0. The van der Waals surface area contributed by atoms with Crippen molar-refractivity contribution in [1.82, 2.24) is 9.03 Å². The number of nitrogens with one attached hydrogen (secondary N) is 1. The number of amides is 1. The maximum absolute atomic E-state index is 12.1. The first-order valence-electron chi connectivity index (χ1n) is 6.46. The molecule has 0 saturated carbocycles. The molecule has 21 heavy (non-hydrogen) atoms. The number of nitrogens with two attached hydrogens (primary N) is 1. The number of carbonyl (C=O) groups excluding carboxylic acids is 1. The zero-order valence-corrected chi connectivity index (χ0v) is 14.7. The third-order valence-corrected chi connectivity index (χ3v) is 6.66. The van der Waals surface area contributed by atoms with Gasteiger partial charge >= 0.3 is 16.3 Å². The van der Waals surface area contributed by atoms with E-state index in [4.69, 9.17) is 22.7 Å². The number of hydrogen-bond acceptors (Lipinski definition) is 6. The summed E-state index contributed by atoms with van der Waals surface area (Å²) < 4.78 is 31.7. The maximum atomic E-state index is 12.1. The van der Waals surface area contributed by atoms with Gasteiger partial charge in [0.2, 0.25) is 0 Å². The zero-order chi connectivity index (χ0) is 16.3.